The molecule has 0 saturated carbocycles. The maximum absolute atomic E-state index is 4.88. The SMILES string of the molecule is CC.CC.Cc1ccc(C)c2nocc12. The van der Waals surface area contributed by atoms with Crippen LogP contribution in [0.15, 0.2) is 22.9 Å². The van der Waals surface area contributed by atoms with Crippen molar-refractivity contribution in [2.75, 3.05) is 0 Å². The van der Waals surface area contributed by atoms with Gasteiger partial charge < -0.3 is 4.52 Å². The molecule has 0 atom stereocenters. The molecule has 0 amide bonds. The van der Waals surface area contributed by atoms with Crippen molar-refractivity contribution in [2.24, 2.45) is 0 Å². The van der Waals surface area contributed by atoms with E-state index in [1.807, 2.05) is 34.6 Å². The van der Waals surface area contributed by atoms with Crippen LogP contribution < -0.4 is 0 Å². The molecule has 2 aromatic rings. The molecule has 0 N–H and O–H groups in total. The summed E-state index contributed by atoms with van der Waals surface area (Å²) in [6.45, 7) is 12.1. The molecule has 2 rings (SSSR count). The fraction of sp³-hybridized carbons (Fsp3) is 0.462. The van der Waals surface area contributed by atoms with E-state index in [0.29, 0.717) is 0 Å². The van der Waals surface area contributed by atoms with Gasteiger partial charge in [0.1, 0.15) is 11.8 Å². The van der Waals surface area contributed by atoms with Gasteiger partial charge in [-0.2, -0.15) is 0 Å². The third-order valence-electron chi connectivity index (χ3n) is 1.95. The van der Waals surface area contributed by atoms with Gasteiger partial charge in [-0.1, -0.05) is 45.0 Å². The van der Waals surface area contributed by atoms with Gasteiger partial charge >= 0.3 is 0 Å². The van der Waals surface area contributed by atoms with Gasteiger partial charge in [0.25, 0.3) is 0 Å². The first-order chi connectivity index (χ1) is 7.29. The van der Waals surface area contributed by atoms with E-state index < -0.39 is 0 Å². The largest absolute Gasteiger partial charge is 0.363 e. The van der Waals surface area contributed by atoms with Crippen molar-refractivity contribution >= 4 is 10.9 Å². The van der Waals surface area contributed by atoms with Crippen LogP contribution in [-0.4, -0.2) is 5.16 Å². The molecule has 2 nitrogen and oxygen atoms in total. The van der Waals surface area contributed by atoms with Crippen LogP contribution in [0.1, 0.15) is 38.8 Å². The molecule has 84 valence electrons. The number of fused-ring (bicyclic) bond motifs is 1. The fourth-order valence-corrected chi connectivity index (χ4v) is 1.22. The molecule has 0 bridgehead atoms. The van der Waals surface area contributed by atoms with Gasteiger partial charge in [-0.3, -0.25) is 0 Å². The normalized spacial score (nSPS) is 8.67. The summed E-state index contributed by atoms with van der Waals surface area (Å²) in [4.78, 5) is 0. The number of rotatable bonds is 0. The number of hydrogen-bond acceptors (Lipinski definition) is 2. The molecule has 0 saturated heterocycles. The Morgan fingerprint density at radius 2 is 1.47 bits per heavy atom. The molecule has 0 unspecified atom stereocenters. The van der Waals surface area contributed by atoms with E-state index in [4.69, 9.17) is 4.52 Å². The summed E-state index contributed by atoms with van der Waals surface area (Å²) in [5.74, 6) is 0. The van der Waals surface area contributed by atoms with Crippen LogP contribution in [0.4, 0.5) is 0 Å². The first-order valence-electron chi connectivity index (χ1n) is 5.59. The lowest BCUT2D eigenvalue weighted by molar-refractivity contribution is 0.428. The fourth-order valence-electron chi connectivity index (χ4n) is 1.22. The molecule has 15 heavy (non-hydrogen) atoms. The average molecular weight is 207 g/mol. The summed E-state index contributed by atoms with van der Waals surface area (Å²) in [7, 11) is 0. The van der Waals surface area contributed by atoms with E-state index in [1.165, 1.54) is 11.1 Å². The minimum Gasteiger partial charge on any atom is -0.363 e. The lowest BCUT2D eigenvalue weighted by Gasteiger charge is -1.94. The predicted octanol–water partition coefficient (Wildman–Crippen LogP) is 4.50. The molecule has 0 aliphatic heterocycles. The van der Waals surface area contributed by atoms with E-state index in [1.54, 1.807) is 6.26 Å². The highest BCUT2D eigenvalue weighted by Gasteiger charge is 2.02. The van der Waals surface area contributed by atoms with Gasteiger partial charge in [-0.25, -0.2) is 0 Å². The summed E-state index contributed by atoms with van der Waals surface area (Å²) in [5.41, 5.74) is 3.36. The lowest BCUT2D eigenvalue weighted by Crippen LogP contribution is -1.78. The van der Waals surface area contributed by atoms with Crippen LogP contribution in [0, 0.1) is 13.8 Å². The number of aryl methyl sites for hydroxylation is 2. The lowest BCUT2D eigenvalue weighted by atomic mass is 10.1. The average Bonchev–Trinajstić information content (AvgIpc) is 2.79. The van der Waals surface area contributed by atoms with E-state index in [-0.39, 0.29) is 0 Å². The van der Waals surface area contributed by atoms with Crippen LogP contribution >= 0.6 is 0 Å². The van der Waals surface area contributed by atoms with Gasteiger partial charge in [-0.05, 0) is 25.0 Å². The Kier molecular flexibility index (Phi) is 6.43. The van der Waals surface area contributed by atoms with Crippen molar-refractivity contribution in [3.63, 3.8) is 0 Å². The van der Waals surface area contributed by atoms with Crippen LogP contribution in [0.25, 0.3) is 10.9 Å². The molecule has 0 fully saturated rings. The van der Waals surface area contributed by atoms with Crippen molar-refractivity contribution in [1.29, 1.82) is 0 Å². The highest BCUT2D eigenvalue weighted by molar-refractivity contribution is 5.83. The van der Waals surface area contributed by atoms with E-state index in [2.05, 4.69) is 24.2 Å². The maximum atomic E-state index is 4.88. The van der Waals surface area contributed by atoms with Crippen molar-refractivity contribution in [3.8, 4) is 0 Å². The number of benzene rings is 1. The van der Waals surface area contributed by atoms with Crippen LogP contribution in [0.2, 0.25) is 0 Å². The highest BCUT2D eigenvalue weighted by atomic mass is 16.5. The Morgan fingerprint density at radius 1 is 0.933 bits per heavy atom. The molecular weight excluding hydrogens is 186 g/mol. The predicted molar refractivity (Wildman–Crippen MR) is 66.2 cm³/mol. The third-order valence-corrected chi connectivity index (χ3v) is 1.95. The zero-order valence-corrected chi connectivity index (χ0v) is 10.6. The van der Waals surface area contributed by atoms with E-state index in [0.717, 1.165) is 10.9 Å². The maximum Gasteiger partial charge on any atom is 0.131 e. The van der Waals surface area contributed by atoms with Gasteiger partial charge in [0.05, 0.1) is 0 Å². The second-order valence-corrected chi connectivity index (χ2v) is 2.78. The van der Waals surface area contributed by atoms with Crippen molar-refractivity contribution in [2.45, 2.75) is 41.5 Å². The molecule has 1 heterocycles. The monoisotopic (exact) mass is 207 g/mol. The van der Waals surface area contributed by atoms with Crippen molar-refractivity contribution in [1.82, 2.24) is 5.16 Å². The molecular formula is C13H21NO. The molecule has 0 aliphatic rings. The van der Waals surface area contributed by atoms with E-state index in [9.17, 15) is 0 Å². The Bertz CT molecular complexity index is 354. The molecule has 0 aliphatic carbocycles. The summed E-state index contributed by atoms with van der Waals surface area (Å²) >= 11 is 0. The number of nitrogens with zero attached hydrogens (tertiary/aromatic N) is 1. The molecule has 0 spiro atoms. The molecule has 1 aromatic carbocycles. The second kappa shape index (κ2) is 7.04. The Morgan fingerprint density at radius 3 is 2.00 bits per heavy atom. The summed E-state index contributed by atoms with van der Waals surface area (Å²) in [6.07, 6.45) is 1.69. The Balaban J connectivity index is 0.000000442. The van der Waals surface area contributed by atoms with Crippen molar-refractivity contribution in [3.05, 3.63) is 29.5 Å². The number of hydrogen-bond donors (Lipinski definition) is 0. The quantitative estimate of drug-likeness (QED) is 0.635. The van der Waals surface area contributed by atoms with Gasteiger partial charge in [-0.15, -0.1) is 0 Å². The number of aromatic nitrogens is 1. The Hall–Kier alpha value is -1.31. The van der Waals surface area contributed by atoms with Gasteiger partial charge in [0.15, 0.2) is 0 Å². The second-order valence-electron chi connectivity index (χ2n) is 2.78. The smallest absolute Gasteiger partial charge is 0.131 e. The topological polar surface area (TPSA) is 26.0 Å². The Labute approximate surface area is 92.3 Å². The third kappa shape index (κ3) is 3.08. The van der Waals surface area contributed by atoms with Crippen molar-refractivity contribution < 1.29 is 4.52 Å². The summed E-state index contributed by atoms with van der Waals surface area (Å²) in [6, 6.07) is 4.13. The zero-order valence-electron chi connectivity index (χ0n) is 10.6. The van der Waals surface area contributed by atoms with Crippen LogP contribution in [-0.2, 0) is 0 Å². The van der Waals surface area contributed by atoms with Gasteiger partial charge in [0.2, 0.25) is 0 Å². The van der Waals surface area contributed by atoms with E-state index >= 15 is 0 Å². The highest BCUT2D eigenvalue weighted by Crippen LogP contribution is 2.19. The van der Waals surface area contributed by atoms with Gasteiger partial charge in [0, 0.05) is 5.39 Å². The van der Waals surface area contributed by atoms with Crippen LogP contribution in [0.3, 0.4) is 0 Å². The summed E-state index contributed by atoms with van der Waals surface area (Å²) < 4.78 is 4.88. The first-order valence-corrected chi connectivity index (χ1v) is 5.59. The minimum atomic E-state index is 0.977. The minimum absolute atomic E-state index is 0.977. The summed E-state index contributed by atoms with van der Waals surface area (Å²) in [5, 5.41) is 5.02. The standard InChI is InChI=1S/C9H9NO.2C2H6/c1-6-3-4-7(2)9-8(6)5-11-10-9;2*1-2/h3-5H,1-2H3;2*1-2H3. The molecule has 1 aromatic heterocycles. The molecule has 2 heteroatoms. The van der Waals surface area contributed by atoms with Crippen LogP contribution in [0.5, 0.6) is 0 Å². The zero-order chi connectivity index (χ0) is 11.8. The molecule has 0 radical (unpaired) electrons. The first kappa shape index (κ1) is 13.7.